The van der Waals surface area contributed by atoms with Crippen molar-refractivity contribution in [1.29, 1.82) is 0 Å². The van der Waals surface area contributed by atoms with Gasteiger partial charge in [-0.3, -0.25) is 0 Å². The first-order valence-corrected chi connectivity index (χ1v) is 7.76. The van der Waals surface area contributed by atoms with Crippen molar-refractivity contribution < 1.29 is 0 Å². The Morgan fingerprint density at radius 2 is 1.65 bits per heavy atom. The van der Waals surface area contributed by atoms with Crippen LogP contribution in [0.2, 0.25) is 0 Å². The van der Waals surface area contributed by atoms with E-state index in [4.69, 9.17) is 0 Å². The van der Waals surface area contributed by atoms with Crippen LogP contribution in [0.25, 0.3) is 0 Å². The highest BCUT2D eigenvalue weighted by Crippen LogP contribution is 2.30. The average Bonchev–Trinajstić information content (AvgIpc) is 2.70. The van der Waals surface area contributed by atoms with Gasteiger partial charge in [0.25, 0.3) is 0 Å². The van der Waals surface area contributed by atoms with Gasteiger partial charge >= 0.3 is 0 Å². The van der Waals surface area contributed by atoms with Crippen molar-refractivity contribution in [3.63, 3.8) is 0 Å². The van der Waals surface area contributed by atoms with Crippen LogP contribution in [-0.4, -0.2) is 36.1 Å². The lowest BCUT2D eigenvalue weighted by atomic mass is 9.95. The Morgan fingerprint density at radius 3 is 2.12 bits per heavy atom. The van der Waals surface area contributed by atoms with Gasteiger partial charge in [-0.15, -0.1) is 0 Å². The van der Waals surface area contributed by atoms with Gasteiger partial charge < -0.3 is 10.2 Å². The minimum Gasteiger partial charge on any atom is -0.311 e. The molecule has 2 unspecified atom stereocenters. The highest BCUT2D eigenvalue weighted by molar-refractivity contribution is 4.95. The summed E-state index contributed by atoms with van der Waals surface area (Å²) in [5, 5.41) is 3.75. The molecule has 1 N–H and O–H groups in total. The SMILES string of the molecule is CCC(CC)CN(CC)C1CC2CCC(C1)N2. The van der Waals surface area contributed by atoms with Crippen molar-refractivity contribution in [3.05, 3.63) is 0 Å². The molecule has 2 aliphatic rings. The Kier molecular flexibility index (Phi) is 4.87. The van der Waals surface area contributed by atoms with E-state index in [0.29, 0.717) is 0 Å². The van der Waals surface area contributed by atoms with E-state index in [2.05, 4.69) is 31.0 Å². The molecule has 0 saturated carbocycles. The lowest BCUT2D eigenvalue weighted by Crippen LogP contribution is -2.49. The molecule has 2 rings (SSSR count). The lowest BCUT2D eigenvalue weighted by molar-refractivity contribution is 0.125. The fraction of sp³-hybridized carbons (Fsp3) is 1.00. The van der Waals surface area contributed by atoms with Gasteiger partial charge in [0.15, 0.2) is 0 Å². The third kappa shape index (κ3) is 3.23. The first-order chi connectivity index (χ1) is 8.26. The van der Waals surface area contributed by atoms with Crippen molar-refractivity contribution >= 4 is 0 Å². The Balaban J connectivity index is 1.89. The molecule has 0 radical (unpaired) electrons. The van der Waals surface area contributed by atoms with Crippen molar-refractivity contribution in [2.45, 2.75) is 77.4 Å². The van der Waals surface area contributed by atoms with E-state index >= 15 is 0 Å². The van der Waals surface area contributed by atoms with Gasteiger partial charge in [0, 0.05) is 24.7 Å². The number of fused-ring (bicyclic) bond motifs is 2. The van der Waals surface area contributed by atoms with E-state index in [9.17, 15) is 0 Å². The zero-order valence-corrected chi connectivity index (χ0v) is 11.9. The molecule has 2 fully saturated rings. The van der Waals surface area contributed by atoms with E-state index in [1.54, 1.807) is 0 Å². The molecule has 0 aliphatic carbocycles. The van der Waals surface area contributed by atoms with E-state index in [1.807, 2.05) is 0 Å². The summed E-state index contributed by atoms with van der Waals surface area (Å²) in [5.74, 6) is 0.905. The molecule has 0 amide bonds. The normalized spacial score (nSPS) is 32.6. The quantitative estimate of drug-likeness (QED) is 0.765. The second kappa shape index (κ2) is 6.19. The fourth-order valence-electron chi connectivity index (χ4n) is 3.74. The van der Waals surface area contributed by atoms with Gasteiger partial charge in [0.2, 0.25) is 0 Å². The van der Waals surface area contributed by atoms with Gasteiger partial charge in [-0.2, -0.15) is 0 Å². The zero-order chi connectivity index (χ0) is 12.3. The first-order valence-electron chi connectivity index (χ1n) is 7.76. The zero-order valence-electron chi connectivity index (χ0n) is 11.9. The average molecular weight is 238 g/mol. The summed E-state index contributed by atoms with van der Waals surface area (Å²) >= 11 is 0. The van der Waals surface area contributed by atoms with E-state index < -0.39 is 0 Å². The van der Waals surface area contributed by atoms with Crippen molar-refractivity contribution in [2.75, 3.05) is 13.1 Å². The van der Waals surface area contributed by atoms with E-state index in [-0.39, 0.29) is 0 Å². The molecule has 2 bridgehead atoms. The molecule has 2 aliphatic heterocycles. The van der Waals surface area contributed by atoms with Crippen LogP contribution in [0, 0.1) is 5.92 Å². The molecule has 0 aromatic rings. The summed E-state index contributed by atoms with van der Waals surface area (Å²) in [7, 11) is 0. The van der Waals surface area contributed by atoms with Crippen molar-refractivity contribution in [1.82, 2.24) is 10.2 Å². The Bertz CT molecular complexity index is 213. The van der Waals surface area contributed by atoms with Crippen LogP contribution in [-0.2, 0) is 0 Å². The Morgan fingerprint density at radius 1 is 1.06 bits per heavy atom. The first kappa shape index (κ1) is 13.4. The molecule has 2 heterocycles. The predicted molar refractivity (Wildman–Crippen MR) is 74.3 cm³/mol. The van der Waals surface area contributed by atoms with Crippen LogP contribution in [0.5, 0.6) is 0 Å². The standard InChI is InChI=1S/C15H30N2/c1-4-12(5-2)11-17(6-3)15-9-13-7-8-14(10-15)16-13/h12-16H,4-11H2,1-3H3. The van der Waals surface area contributed by atoms with Crippen LogP contribution in [0.15, 0.2) is 0 Å². The van der Waals surface area contributed by atoms with Crippen LogP contribution >= 0.6 is 0 Å². The summed E-state index contributed by atoms with van der Waals surface area (Å²) in [4.78, 5) is 2.77. The molecular formula is C15H30N2. The Hall–Kier alpha value is -0.0800. The maximum absolute atomic E-state index is 3.75. The number of rotatable bonds is 6. The number of piperidine rings is 1. The van der Waals surface area contributed by atoms with Crippen LogP contribution in [0.4, 0.5) is 0 Å². The summed E-state index contributed by atoms with van der Waals surface area (Å²) in [6, 6.07) is 2.52. The number of hydrogen-bond acceptors (Lipinski definition) is 2. The molecule has 2 heteroatoms. The maximum Gasteiger partial charge on any atom is 0.0125 e. The van der Waals surface area contributed by atoms with Crippen molar-refractivity contribution in [2.24, 2.45) is 5.92 Å². The fourth-order valence-corrected chi connectivity index (χ4v) is 3.74. The summed E-state index contributed by atoms with van der Waals surface area (Å²) in [6.45, 7) is 9.59. The molecule has 2 nitrogen and oxygen atoms in total. The molecule has 2 saturated heterocycles. The highest BCUT2D eigenvalue weighted by Gasteiger charge is 2.35. The van der Waals surface area contributed by atoms with Gasteiger partial charge in [0.05, 0.1) is 0 Å². The minimum absolute atomic E-state index is 0.828. The lowest BCUT2D eigenvalue weighted by Gasteiger charge is -2.38. The molecule has 100 valence electrons. The largest absolute Gasteiger partial charge is 0.311 e. The molecule has 0 aromatic heterocycles. The van der Waals surface area contributed by atoms with E-state index in [0.717, 1.165) is 24.0 Å². The Labute approximate surface area is 107 Å². The third-order valence-electron chi connectivity index (χ3n) is 5.02. The van der Waals surface area contributed by atoms with Gasteiger partial charge in [0.1, 0.15) is 0 Å². The minimum atomic E-state index is 0.828. The van der Waals surface area contributed by atoms with Gasteiger partial charge in [-0.1, -0.05) is 33.6 Å². The second-order valence-corrected chi connectivity index (χ2v) is 6.03. The van der Waals surface area contributed by atoms with Gasteiger partial charge in [-0.25, -0.2) is 0 Å². The van der Waals surface area contributed by atoms with Crippen LogP contribution < -0.4 is 5.32 Å². The number of hydrogen-bond donors (Lipinski definition) is 1. The molecule has 0 spiro atoms. The smallest absolute Gasteiger partial charge is 0.0125 e. The second-order valence-electron chi connectivity index (χ2n) is 6.03. The maximum atomic E-state index is 3.75. The van der Waals surface area contributed by atoms with Crippen molar-refractivity contribution in [3.8, 4) is 0 Å². The summed E-state index contributed by atoms with van der Waals surface area (Å²) in [6.07, 6.45) is 8.30. The summed E-state index contributed by atoms with van der Waals surface area (Å²) in [5.41, 5.74) is 0. The molecule has 2 atom stereocenters. The highest BCUT2D eigenvalue weighted by atomic mass is 15.2. The van der Waals surface area contributed by atoms with Gasteiger partial charge in [-0.05, 0) is 38.1 Å². The van der Waals surface area contributed by atoms with E-state index in [1.165, 1.54) is 51.6 Å². The topological polar surface area (TPSA) is 15.3 Å². The molecular weight excluding hydrogens is 208 g/mol. The number of nitrogens with one attached hydrogen (secondary N) is 1. The molecule has 0 aromatic carbocycles. The monoisotopic (exact) mass is 238 g/mol. The van der Waals surface area contributed by atoms with Crippen LogP contribution in [0.3, 0.4) is 0 Å². The third-order valence-corrected chi connectivity index (χ3v) is 5.02. The summed E-state index contributed by atoms with van der Waals surface area (Å²) < 4.78 is 0. The predicted octanol–water partition coefficient (Wildman–Crippen LogP) is 3.03. The van der Waals surface area contributed by atoms with Crippen LogP contribution in [0.1, 0.15) is 59.3 Å². The molecule has 17 heavy (non-hydrogen) atoms. The number of nitrogens with zero attached hydrogens (tertiary/aromatic N) is 1.